The largest absolute Gasteiger partial charge is 0.342 e. The van der Waals surface area contributed by atoms with Crippen LogP contribution >= 0.6 is 0 Å². The molecule has 11 nitrogen and oxygen atoms in total. The summed E-state index contributed by atoms with van der Waals surface area (Å²) in [6.07, 6.45) is 6.51. The minimum atomic E-state index is -0.668. The van der Waals surface area contributed by atoms with E-state index < -0.39 is 6.04 Å². The van der Waals surface area contributed by atoms with Gasteiger partial charge in [-0.15, -0.1) is 0 Å². The third-order valence-corrected chi connectivity index (χ3v) is 6.93. The summed E-state index contributed by atoms with van der Waals surface area (Å²) in [5, 5.41) is 11.8. The molecule has 4 aromatic heterocycles. The number of aryl methyl sites for hydroxylation is 2. The van der Waals surface area contributed by atoms with Crippen LogP contribution in [0.15, 0.2) is 84.2 Å². The van der Waals surface area contributed by atoms with Gasteiger partial charge in [-0.1, -0.05) is 30.3 Å². The van der Waals surface area contributed by atoms with Crippen molar-refractivity contribution < 1.29 is 9.59 Å². The number of Topliss-reactive ketones (excluding diaryl/α,β-unsaturated/α-hetero) is 1. The molecule has 204 valence electrons. The predicted molar refractivity (Wildman–Crippen MR) is 152 cm³/mol. The summed E-state index contributed by atoms with van der Waals surface area (Å²) in [5.74, 6) is -0.188. The Kier molecular flexibility index (Phi) is 6.46. The lowest BCUT2D eigenvalue weighted by atomic mass is 10.0. The van der Waals surface area contributed by atoms with Crippen LogP contribution in [0.4, 0.5) is 0 Å². The number of carbonyl (C=O) groups is 2. The number of ketones is 1. The van der Waals surface area contributed by atoms with Gasteiger partial charge < -0.3 is 5.32 Å². The summed E-state index contributed by atoms with van der Waals surface area (Å²) < 4.78 is 4.61. The maximum absolute atomic E-state index is 14.2. The first-order chi connectivity index (χ1) is 19.8. The first kappa shape index (κ1) is 25.8. The van der Waals surface area contributed by atoms with E-state index in [1.54, 1.807) is 85.1 Å². The van der Waals surface area contributed by atoms with Crippen molar-refractivity contribution in [3.8, 4) is 5.69 Å². The second-order valence-electron chi connectivity index (χ2n) is 9.80. The van der Waals surface area contributed by atoms with Crippen LogP contribution in [0.3, 0.4) is 0 Å². The molecule has 2 aromatic carbocycles. The van der Waals surface area contributed by atoms with Crippen molar-refractivity contribution in [2.45, 2.75) is 26.3 Å². The Labute approximate surface area is 234 Å². The molecule has 0 spiro atoms. The molecule has 0 fully saturated rings. The standard InChI is InChI=1S/C30H26N8O3/c1-18-25(28-31-13-8-14-37(28)35-18)29(40)33-19(2)27-34-23-12-7-9-20(15-24(39)21-16-32-36(3)17-21)26(23)30(41)38(27)22-10-5-4-6-11-22/h4-14,16-17,19H,15H2,1-3H3,(H,33,40). The fourth-order valence-corrected chi connectivity index (χ4v) is 5.02. The van der Waals surface area contributed by atoms with Crippen LogP contribution in [-0.2, 0) is 13.5 Å². The molecule has 1 atom stereocenters. The Balaban J connectivity index is 1.45. The number of amides is 1. The smallest absolute Gasteiger partial charge is 0.266 e. The molecule has 0 aliphatic rings. The van der Waals surface area contributed by atoms with Gasteiger partial charge in [0.15, 0.2) is 11.4 Å². The van der Waals surface area contributed by atoms with Crippen molar-refractivity contribution in [3.05, 3.63) is 118 Å². The van der Waals surface area contributed by atoms with E-state index in [4.69, 9.17) is 4.98 Å². The highest BCUT2D eigenvalue weighted by Gasteiger charge is 2.25. The molecule has 1 unspecified atom stereocenters. The minimum absolute atomic E-state index is 0.0153. The molecule has 1 amide bonds. The van der Waals surface area contributed by atoms with E-state index in [1.807, 2.05) is 18.2 Å². The van der Waals surface area contributed by atoms with Gasteiger partial charge in [-0.25, -0.2) is 14.5 Å². The van der Waals surface area contributed by atoms with Crippen molar-refractivity contribution in [2.24, 2.45) is 7.05 Å². The summed E-state index contributed by atoms with van der Waals surface area (Å²) in [4.78, 5) is 49.9. The Hall–Kier alpha value is -5.45. The number of carbonyl (C=O) groups excluding carboxylic acids is 2. The van der Waals surface area contributed by atoms with Crippen LogP contribution in [0, 0.1) is 6.92 Å². The molecule has 0 bridgehead atoms. The van der Waals surface area contributed by atoms with Crippen molar-refractivity contribution in [1.82, 2.24) is 39.2 Å². The third-order valence-electron chi connectivity index (χ3n) is 6.93. The molecule has 6 aromatic rings. The molecule has 6 rings (SSSR count). The third kappa shape index (κ3) is 4.67. The molecule has 41 heavy (non-hydrogen) atoms. The average molecular weight is 547 g/mol. The van der Waals surface area contributed by atoms with Crippen molar-refractivity contribution >= 4 is 28.2 Å². The molecule has 4 heterocycles. The van der Waals surface area contributed by atoms with E-state index in [0.29, 0.717) is 50.4 Å². The van der Waals surface area contributed by atoms with Crippen LogP contribution in [0.25, 0.3) is 22.2 Å². The summed E-state index contributed by atoms with van der Waals surface area (Å²) >= 11 is 0. The maximum Gasteiger partial charge on any atom is 0.266 e. The molecule has 0 saturated carbocycles. The van der Waals surface area contributed by atoms with Crippen molar-refractivity contribution in [3.63, 3.8) is 0 Å². The fraction of sp³-hybridized carbons (Fsp3) is 0.167. The van der Waals surface area contributed by atoms with E-state index in [0.717, 1.165) is 0 Å². The lowest BCUT2D eigenvalue weighted by Gasteiger charge is -2.20. The normalized spacial score (nSPS) is 12.1. The van der Waals surface area contributed by atoms with Crippen LogP contribution in [0.1, 0.15) is 50.8 Å². The van der Waals surface area contributed by atoms with Gasteiger partial charge in [0, 0.05) is 32.1 Å². The molecule has 1 N–H and O–H groups in total. The number of nitrogens with one attached hydrogen (secondary N) is 1. The van der Waals surface area contributed by atoms with Crippen molar-refractivity contribution in [2.75, 3.05) is 0 Å². The van der Waals surface area contributed by atoms with Gasteiger partial charge in [-0.2, -0.15) is 10.2 Å². The van der Waals surface area contributed by atoms with E-state index in [-0.39, 0.29) is 23.7 Å². The monoisotopic (exact) mass is 546 g/mol. The van der Waals surface area contributed by atoms with Crippen LogP contribution in [0.2, 0.25) is 0 Å². The predicted octanol–water partition coefficient (Wildman–Crippen LogP) is 3.39. The highest BCUT2D eigenvalue weighted by atomic mass is 16.2. The first-order valence-electron chi connectivity index (χ1n) is 13.0. The van der Waals surface area contributed by atoms with Gasteiger partial charge >= 0.3 is 0 Å². The Morgan fingerprint density at radius 3 is 2.61 bits per heavy atom. The number of fused-ring (bicyclic) bond motifs is 2. The second kappa shape index (κ2) is 10.3. The molecular formula is C30H26N8O3. The van der Waals surface area contributed by atoms with E-state index in [9.17, 15) is 14.4 Å². The molecule has 0 saturated heterocycles. The molecule has 11 heteroatoms. The number of benzene rings is 2. The summed E-state index contributed by atoms with van der Waals surface area (Å²) in [6.45, 7) is 3.52. The summed E-state index contributed by atoms with van der Waals surface area (Å²) in [6, 6.07) is 15.4. The molecule has 0 radical (unpaired) electrons. The maximum atomic E-state index is 14.2. The number of hydrogen-bond donors (Lipinski definition) is 1. The zero-order chi connectivity index (χ0) is 28.7. The highest BCUT2D eigenvalue weighted by Crippen LogP contribution is 2.22. The van der Waals surface area contributed by atoms with Gasteiger partial charge in [0.25, 0.3) is 11.5 Å². The van der Waals surface area contributed by atoms with Gasteiger partial charge in [0.1, 0.15) is 11.4 Å². The number of rotatable bonds is 7. The second-order valence-corrected chi connectivity index (χ2v) is 9.80. The van der Waals surface area contributed by atoms with Gasteiger partial charge in [-0.05, 0) is 43.7 Å². The number of aromatic nitrogens is 7. The number of para-hydroxylation sites is 1. The van der Waals surface area contributed by atoms with Gasteiger partial charge in [0.2, 0.25) is 0 Å². The molecular weight excluding hydrogens is 520 g/mol. The number of nitrogens with zero attached hydrogens (tertiary/aromatic N) is 7. The van der Waals surface area contributed by atoms with Gasteiger partial charge in [0.05, 0.1) is 40.1 Å². The quantitative estimate of drug-likeness (QED) is 0.304. The SMILES string of the molecule is Cc1nn2cccnc2c1C(=O)NC(C)c1nc2cccc(CC(=O)c3cnn(C)c3)c2c(=O)n1-c1ccccc1. The van der Waals surface area contributed by atoms with Crippen LogP contribution < -0.4 is 10.9 Å². The lowest BCUT2D eigenvalue weighted by Crippen LogP contribution is -2.33. The average Bonchev–Trinajstić information content (AvgIpc) is 3.55. The minimum Gasteiger partial charge on any atom is -0.342 e. The van der Waals surface area contributed by atoms with Crippen molar-refractivity contribution in [1.29, 1.82) is 0 Å². The topological polar surface area (TPSA) is 129 Å². The summed E-state index contributed by atoms with van der Waals surface area (Å²) in [5.41, 5.74) is 3.03. The number of hydrogen-bond acceptors (Lipinski definition) is 7. The van der Waals surface area contributed by atoms with Crippen LogP contribution in [-0.4, -0.2) is 45.6 Å². The first-order valence-corrected chi connectivity index (χ1v) is 13.0. The van der Waals surface area contributed by atoms with Crippen LogP contribution in [0.5, 0.6) is 0 Å². The fourth-order valence-electron chi connectivity index (χ4n) is 5.02. The summed E-state index contributed by atoms with van der Waals surface area (Å²) in [7, 11) is 1.74. The van der Waals surface area contributed by atoms with E-state index in [2.05, 4.69) is 20.5 Å². The van der Waals surface area contributed by atoms with Gasteiger partial charge in [-0.3, -0.25) is 23.6 Å². The van der Waals surface area contributed by atoms with E-state index >= 15 is 0 Å². The zero-order valence-corrected chi connectivity index (χ0v) is 22.6. The Bertz CT molecular complexity index is 2010. The highest BCUT2D eigenvalue weighted by molar-refractivity contribution is 6.01. The Morgan fingerprint density at radius 2 is 1.85 bits per heavy atom. The molecule has 0 aliphatic heterocycles. The zero-order valence-electron chi connectivity index (χ0n) is 22.6. The van der Waals surface area contributed by atoms with E-state index in [1.165, 1.54) is 10.8 Å². The lowest BCUT2D eigenvalue weighted by molar-refractivity contribution is 0.0937. The Morgan fingerprint density at radius 1 is 1.05 bits per heavy atom. The molecule has 0 aliphatic carbocycles.